The zero-order valence-corrected chi connectivity index (χ0v) is 14.5. The van der Waals surface area contributed by atoms with Gasteiger partial charge in [0.1, 0.15) is 11.5 Å². The summed E-state index contributed by atoms with van der Waals surface area (Å²) < 4.78 is 5.83. The lowest BCUT2D eigenvalue weighted by atomic mass is 10.1. The Morgan fingerprint density at radius 2 is 1.91 bits per heavy atom. The minimum atomic E-state index is 0.350. The average Bonchev–Trinajstić information content (AvgIpc) is 2.52. The highest BCUT2D eigenvalue weighted by Gasteiger charge is 2.09. The summed E-state index contributed by atoms with van der Waals surface area (Å²) in [6, 6.07) is 13.2. The average molecular weight is 337 g/mol. The highest BCUT2D eigenvalue weighted by atomic mass is 35.5. The summed E-state index contributed by atoms with van der Waals surface area (Å²) in [5.41, 5.74) is 0.912. The van der Waals surface area contributed by atoms with Gasteiger partial charge in [-0.15, -0.1) is 11.8 Å². The minimum Gasteiger partial charge on any atom is -0.508 e. The van der Waals surface area contributed by atoms with Crippen molar-refractivity contribution >= 4 is 23.4 Å². The van der Waals surface area contributed by atoms with E-state index in [0.717, 1.165) is 28.5 Å². The van der Waals surface area contributed by atoms with Crippen LogP contribution >= 0.6 is 23.4 Å². The zero-order valence-electron chi connectivity index (χ0n) is 12.9. The number of rotatable bonds is 7. The van der Waals surface area contributed by atoms with E-state index in [9.17, 15) is 5.11 Å². The molecule has 118 valence electrons. The Kier molecular flexibility index (Phi) is 6.47. The third-order valence-corrected chi connectivity index (χ3v) is 5.01. The van der Waals surface area contributed by atoms with Gasteiger partial charge in [-0.25, -0.2) is 0 Å². The van der Waals surface area contributed by atoms with Crippen LogP contribution in [0.4, 0.5) is 0 Å². The smallest absolute Gasteiger partial charge is 0.119 e. The SMILES string of the molecule is CC[C@H](COc1ccc(Cl)cc1)CSc1ccc(O)c(C)c1. The monoisotopic (exact) mass is 336 g/mol. The highest BCUT2D eigenvalue weighted by Crippen LogP contribution is 2.27. The van der Waals surface area contributed by atoms with Crippen molar-refractivity contribution in [3.8, 4) is 11.5 Å². The van der Waals surface area contributed by atoms with Gasteiger partial charge in [0.15, 0.2) is 0 Å². The summed E-state index contributed by atoms with van der Waals surface area (Å²) in [5.74, 6) is 2.68. The molecule has 2 nitrogen and oxygen atoms in total. The number of benzene rings is 2. The van der Waals surface area contributed by atoms with Gasteiger partial charge in [0.25, 0.3) is 0 Å². The molecular weight excluding hydrogens is 316 g/mol. The molecule has 0 saturated carbocycles. The van der Waals surface area contributed by atoms with E-state index in [0.29, 0.717) is 18.3 Å². The minimum absolute atomic E-state index is 0.350. The first-order valence-corrected chi connectivity index (χ1v) is 8.75. The van der Waals surface area contributed by atoms with E-state index in [-0.39, 0.29) is 0 Å². The molecule has 4 heteroatoms. The lowest BCUT2D eigenvalue weighted by Gasteiger charge is -2.16. The third-order valence-electron chi connectivity index (χ3n) is 3.53. The van der Waals surface area contributed by atoms with E-state index in [1.54, 1.807) is 17.8 Å². The summed E-state index contributed by atoms with van der Waals surface area (Å²) in [4.78, 5) is 1.18. The van der Waals surface area contributed by atoms with E-state index in [4.69, 9.17) is 16.3 Å². The normalized spacial score (nSPS) is 12.1. The number of thioether (sulfide) groups is 1. The molecule has 0 unspecified atom stereocenters. The number of aryl methyl sites for hydroxylation is 1. The van der Waals surface area contributed by atoms with Crippen molar-refractivity contribution in [2.45, 2.75) is 25.2 Å². The van der Waals surface area contributed by atoms with Crippen molar-refractivity contribution in [2.75, 3.05) is 12.4 Å². The Hall–Kier alpha value is -1.32. The molecule has 0 aliphatic rings. The number of phenols is 1. The van der Waals surface area contributed by atoms with E-state index in [1.165, 1.54) is 4.90 Å². The lowest BCUT2D eigenvalue weighted by Crippen LogP contribution is -2.13. The van der Waals surface area contributed by atoms with Crippen molar-refractivity contribution in [3.63, 3.8) is 0 Å². The first-order chi connectivity index (χ1) is 10.6. The van der Waals surface area contributed by atoms with Crippen molar-refractivity contribution in [3.05, 3.63) is 53.1 Å². The summed E-state index contributed by atoms with van der Waals surface area (Å²) in [5, 5.41) is 10.3. The number of halogens is 1. The Morgan fingerprint density at radius 1 is 1.18 bits per heavy atom. The number of aromatic hydroxyl groups is 1. The molecule has 0 radical (unpaired) electrons. The van der Waals surface area contributed by atoms with Crippen LogP contribution in [0.1, 0.15) is 18.9 Å². The molecule has 2 aromatic rings. The number of ether oxygens (including phenoxy) is 1. The maximum atomic E-state index is 9.56. The Morgan fingerprint density at radius 3 is 2.55 bits per heavy atom. The topological polar surface area (TPSA) is 29.5 Å². The lowest BCUT2D eigenvalue weighted by molar-refractivity contribution is 0.259. The Bertz CT molecular complexity index is 599. The fourth-order valence-corrected chi connectivity index (χ4v) is 3.27. The Labute approximate surface area is 141 Å². The third kappa shape index (κ3) is 5.15. The fourth-order valence-electron chi connectivity index (χ4n) is 1.96. The van der Waals surface area contributed by atoms with Crippen LogP contribution in [0.25, 0.3) is 0 Å². The van der Waals surface area contributed by atoms with Crippen LogP contribution in [0.3, 0.4) is 0 Å². The van der Waals surface area contributed by atoms with Crippen LogP contribution in [0.2, 0.25) is 5.02 Å². The molecule has 0 aliphatic carbocycles. The second-order valence-corrected chi connectivity index (χ2v) is 6.83. The van der Waals surface area contributed by atoms with Crippen LogP contribution in [0.15, 0.2) is 47.4 Å². The van der Waals surface area contributed by atoms with Crippen molar-refractivity contribution in [1.29, 1.82) is 0 Å². The molecule has 0 saturated heterocycles. The first kappa shape index (κ1) is 17.0. The van der Waals surface area contributed by atoms with Gasteiger partial charge in [0.05, 0.1) is 6.61 Å². The van der Waals surface area contributed by atoms with Gasteiger partial charge in [-0.3, -0.25) is 0 Å². The van der Waals surface area contributed by atoms with Crippen LogP contribution in [0, 0.1) is 12.8 Å². The summed E-state index contributed by atoms with van der Waals surface area (Å²) in [6.07, 6.45) is 1.07. The van der Waals surface area contributed by atoms with E-state index in [1.807, 2.05) is 43.3 Å². The van der Waals surface area contributed by atoms with Gasteiger partial charge < -0.3 is 9.84 Å². The molecule has 1 atom stereocenters. The number of hydrogen-bond acceptors (Lipinski definition) is 3. The highest BCUT2D eigenvalue weighted by molar-refractivity contribution is 7.99. The van der Waals surface area contributed by atoms with Gasteiger partial charge in [-0.2, -0.15) is 0 Å². The first-order valence-electron chi connectivity index (χ1n) is 7.39. The maximum Gasteiger partial charge on any atom is 0.119 e. The van der Waals surface area contributed by atoms with Crippen molar-refractivity contribution in [1.82, 2.24) is 0 Å². The Balaban J connectivity index is 1.83. The van der Waals surface area contributed by atoms with Crippen molar-refractivity contribution in [2.24, 2.45) is 5.92 Å². The molecule has 2 aromatic carbocycles. The van der Waals surface area contributed by atoms with Gasteiger partial charge in [-0.05, 0) is 61.4 Å². The molecule has 0 heterocycles. The predicted molar refractivity (Wildman–Crippen MR) is 94.3 cm³/mol. The molecule has 0 fully saturated rings. The van der Waals surface area contributed by atoms with Gasteiger partial charge in [-0.1, -0.05) is 18.5 Å². The molecule has 0 spiro atoms. The fraction of sp³-hybridized carbons (Fsp3) is 0.333. The number of hydrogen-bond donors (Lipinski definition) is 1. The largest absolute Gasteiger partial charge is 0.508 e. The van der Waals surface area contributed by atoms with Gasteiger partial charge >= 0.3 is 0 Å². The van der Waals surface area contributed by atoms with Gasteiger partial charge in [0, 0.05) is 21.6 Å². The molecule has 0 aromatic heterocycles. The zero-order chi connectivity index (χ0) is 15.9. The molecule has 0 amide bonds. The maximum absolute atomic E-state index is 9.56. The number of phenolic OH excluding ortho intramolecular Hbond substituents is 1. The molecule has 22 heavy (non-hydrogen) atoms. The molecule has 2 rings (SSSR count). The molecule has 0 bridgehead atoms. The molecule has 1 N–H and O–H groups in total. The quantitative estimate of drug-likeness (QED) is 0.672. The van der Waals surface area contributed by atoms with Crippen LogP contribution in [-0.2, 0) is 0 Å². The van der Waals surface area contributed by atoms with Crippen LogP contribution < -0.4 is 4.74 Å². The van der Waals surface area contributed by atoms with Crippen LogP contribution in [0.5, 0.6) is 11.5 Å². The second-order valence-electron chi connectivity index (χ2n) is 5.30. The standard InChI is InChI=1S/C18H21ClO2S/c1-3-14(11-21-16-6-4-15(19)5-7-16)12-22-17-8-9-18(20)13(2)10-17/h4-10,14,20H,3,11-12H2,1-2H3/t14-/m1/s1. The predicted octanol–water partition coefficient (Wildman–Crippen LogP) is 5.55. The van der Waals surface area contributed by atoms with Crippen LogP contribution in [-0.4, -0.2) is 17.5 Å². The second kappa shape index (κ2) is 8.35. The van der Waals surface area contributed by atoms with Gasteiger partial charge in [0.2, 0.25) is 0 Å². The summed E-state index contributed by atoms with van der Waals surface area (Å²) in [6.45, 7) is 4.79. The van der Waals surface area contributed by atoms with Crippen molar-refractivity contribution < 1.29 is 9.84 Å². The summed E-state index contributed by atoms with van der Waals surface area (Å²) in [7, 11) is 0. The van der Waals surface area contributed by atoms with E-state index >= 15 is 0 Å². The van der Waals surface area contributed by atoms with E-state index in [2.05, 4.69) is 6.92 Å². The van der Waals surface area contributed by atoms with E-state index < -0.39 is 0 Å². The summed E-state index contributed by atoms with van der Waals surface area (Å²) >= 11 is 7.67. The molecular formula is C18H21ClO2S. The molecule has 0 aliphatic heterocycles.